The van der Waals surface area contributed by atoms with Crippen molar-refractivity contribution < 1.29 is 4.79 Å². The Morgan fingerprint density at radius 2 is 2.64 bits per heavy atom. The number of thiocarbonyl (C=S) groups is 1. The number of nitrogens with zero attached hydrogens (tertiary/aromatic N) is 2. The molecule has 1 aliphatic rings. The maximum Gasteiger partial charge on any atom is 0.267 e. The third-order valence-corrected chi connectivity index (χ3v) is 1.43. The van der Waals surface area contributed by atoms with E-state index in [2.05, 4.69) is 15.8 Å². The highest BCUT2D eigenvalue weighted by Crippen LogP contribution is 1.96. The molecule has 5 nitrogen and oxygen atoms in total. The highest BCUT2D eigenvalue weighted by Gasteiger charge is 2.16. The largest absolute Gasteiger partial charge is 0.364 e. The molecule has 2 N–H and O–H groups in total. The van der Waals surface area contributed by atoms with Gasteiger partial charge in [-0.1, -0.05) is 0 Å². The zero-order valence-corrected chi connectivity index (χ0v) is 6.81. The van der Waals surface area contributed by atoms with Crippen LogP contribution in [-0.2, 0) is 4.79 Å². The smallest absolute Gasteiger partial charge is 0.267 e. The molecule has 0 bridgehead atoms. The van der Waals surface area contributed by atoms with E-state index >= 15 is 0 Å². The van der Waals surface area contributed by atoms with Crippen molar-refractivity contribution in [1.29, 1.82) is 0 Å². The molecule has 0 unspecified atom stereocenters. The fraction of sp³-hybridized carbons (Fsp3) is 0.400. The molecule has 0 aromatic rings. The fourth-order valence-electron chi connectivity index (χ4n) is 0.595. The summed E-state index contributed by atoms with van der Waals surface area (Å²) in [6.45, 7) is 0. The van der Waals surface area contributed by atoms with Crippen LogP contribution in [0.1, 0.15) is 6.42 Å². The number of hydrogen-bond donors (Lipinski definition) is 2. The molecule has 0 atom stereocenters. The molecule has 1 amide bonds. The molecule has 1 aliphatic heterocycles. The second-order valence-electron chi connectivity index (χ2n) is 1.90. The lowest BCUT2D eigenvalue weighted by atomic mass is 10.5. The molecule has 0 aromatic heterocycles. The van der Waals surface area contributed by atoms with E-state index in [4.69, 9.17) is 12.2 Å². The Labute approximate surface area is 69.4 Å². The van der Waals surface area contributed by atoms with Gasteiger partial charge in [-0.25, -0.2) is 0 Å². The van der Waals surface area contributed by atoms with Crippen LogP contribution in [0, 0.1) is 0 Å². The Balaban J connectivity index is 2.43. The van der Waals surface area contributed by atoms with E-state index in [9.17, 15) is 4.79 Å². The highest BCUT2D eigenvalue weighted by atomic mass is 32.1. The van der Waals surface area contributed by atoms with Crippen LogP contribution in [0.5, 0.6) is 0 Å². The van der Waals surface area contributed by atoms with Gasteiger partial charge in [0.05, 0.1) is 6.42 Å². The van der Waals surface area contributed by atoms with Gasteiger partial charge in [0.15, 0.2) is 5.11 Å². The zero-order chi connectivity index (χ0) is 8.27. The van der Waals surface area contributed by atoms with Gasteiger partial charge in [0.25, 0.3) is 5.91 Å². The Morgan fingerprint density at radius 1 is 1.91 bits per heavy atom. The van der Waals surface area contributed by atoms with Crippen LogP contribution in [0.15, 0.2) is 5.10 Å². The summed E-state index contributed by atoms with van der Waals surface area (Å²) in [5, 5.41) is 7.87. The summed E-state index contributed by atoms with van der Waals surface area (Å²) in [5.74, 6) is -0.109. The molecule has 1 heterocycles. The molecule has 0 fully saturated rings. The van der Waals surface area contributed by atoms with Crippen LogP contribution in [0.3, 0.4) is 0 Å². The monoisotopic (exact) mass is 172 g/mol. The van der Waals surface area contributed by atoms with Crippen LogP contribution in [0.4, 0.5) is 0 Å². The SMILES string of the molecule is CNC(=S)NN1N=CCC1=O. The molecule has 0 aliphatic carbocycles. The van der Waals surface area contributed by atoms with Gasteiger partial charge in [-0.05, 0) is 12.2 Å². The summed E-state index contributed by atoms with van der Waals surface area (Å²) in [6, 6.07) is 0. The predicted molar refractivity (Wildman–Crippen MR) is 44.7 cm³/mol. The zero-order valence-electron chi connectivity index (χ0n) is 6.00. The first-order chi connectivity index (χ1) is 5.24. The lowest BCUT2D eigenvalue weighted by Gasteiger charge is -2.13. The van der Waals surface area contributed by atoms with E-state index < -0.39 is 0 Å². The Bertz CT molecular complexity index is 215. The van der Waals surface area contributed by atoms with Crippen molar-refractivity contribution in [2.45, 2.75) is 6.42 Å². The van der Waals surface area contributed by atoms with Crippen molar-refractivity contribution in [3.8, 4) is 0 Å². The first kappa shape index (κ1) is 7.93. The molecule has 0 radical (unpaired) electrons. The normalized spacial score (nSPS) is 15.4. The van der Waals surface area contributed by atoms with E-state index in [1.807, 2.05) is 0 Å². The number of carbonyl (C=O) groups excluding carboxylic acids is 1. The van der Waals surface area contributed by atoms with Crippen LogP contribution in [0.2, 0.25) is 0 Å². The van der Waals surface area contributed by atoms with Gasteiger partial charge in [-0.3, -0.25) is 10.2 Å². The van der Waals surface area contributed by atoms with Crippen molar-refractivity contribution in [3.05, 3.63) is 0 Å². The fourth-order valence-corrected chi connectivity index (χ4v) is 0.681. The molecule has 0 aromatic carbocycles. The highest BCUT2D eigenvalue weighted by molar-refractivity contribution is 7.80. The summed E-state index contributed by atoms with van der Waals surface area (Å²) < 4.78 is 0. The van der Waals surface area contributed by atoms with Crippen molar-refractivity contribution in [3.63, 3.8) is 0 Å². The molecular formula is C5H8N4OS. The van der Waals surface area contributed by atoms with Crippen LogP contribution in [-0.4, -0.2) is 29.4 Å². The minimum atomic E-state index is -0.109. The topological polar surface area (TPSA) is 56.7 Å². The minimum absolute atomic E-state index is 0.109. The number of hydrazone groups is 1. The van der Waals surface area contributed by atoms with E-state index in [1.165, 1.54) is 6.21 Å². The summed E-state index contributed by atoms with van der Waals surface area (Å²) in [7, 11) is 1.67. The first-order valence-corrected chi connectivity index (χ1v) is 3.48. The average Bonchev–Trinajstić information content (AvgIpc) is 2.37. The molecule has 1 rings (SSSR count). The molecule has 0 saturated heterocycles. The molecule has 60 valence electrons. The summed E-state index contributed by atoms with van der Waals surface area (Å²) in [5.41, 5.74) is 2.58. The number of hydrazine groups is 1. The van der Waals surface area contributed by atoms with Gasteiger partial charge in [0, 0.05) is 13.3 Å². The van der Waals surface area contributed by atoms with Gasteiger partial charge in [0.1, 0.15) is 0 Å². The first-order valence-electron chi connectivity index (χ1n) is 3.08. The van der Waals surface area contributed by atoms with E-state index in [1.54, 1.807) is 7.05 Å². The van der Waals surface area contributed by atoms with Crippen LogP contribution >= 0.6 is 12.2 Å². The molecular weight excluding hydrogens is 164 g/mol. The number of carbonyl (C=O) groups is 1. The van der Waals surface area contributed by atoms with Gasteiger partial charge < -0.3 is 5.32 Å². The molecule has 6 heteroatoms. The number of rotatable bonds is 1. The van der Waals surface area contributed by atoms with Gasteiger partial charge >= 0.3 is 0 Å². The maximum absolute atomic E-state index is 10.9. The average molecular weight is 172 g/mol. The Kier molecular flexibility index (Phi) is 2.37. The van der Waals surface area contributed by atoms with Crippen molar-refractivity contribution in [2.24, 2.45) is 5.10 Å². The molecule has 0 spiro atoms. The van der Waals surface area contributed by atoms with Crippen molar-refractivity contribution in [1.82, 2.24) is 15.9 Å². The second-order valence-corrected chi connectivity index (χ2v) is 2.31. The van der Waals surface area contributed by atoms with E-state index in [0.717, 1.165) is 5.12 Å². The van der Waals surface area contributed by atoms with Gasteiger partial charge in [-0.2, -0.15) is 5.10 Å². The molecule has 0 saturated carbocycles. The maximum atomic E-state index is 10.9. The van der Waals surface area contributed by atoms with Crippen LogP contribution in [0.25, 0.3) is 0 Å². The van der Waals surface area contributed by atoms with Gasteiger partial charge in [0.2, 0.25) is 0 Å². The second kappa shape index (κ2) is 3.29. The Hall–Kier alpha value is -1.17. The lowest BCUT2D eigenvalue weighted by molar-refractivity contribution is -0.130. The predicted octanol–water partition coefficient (Wildman–Crippen LogP) is -0.787. The number of nitrogens with one attached hydrogen (secondary N) is 2. The standard InChI is InChI=1S/C5H8N4OS/c1-6-5(11)8-9-4(10)2-3-7-9/h3H,2H2,1H3,(H2,6,8,11). The Morgan fingerprint density at radius 3 is 3.09 bits per heavy atom. The minimum Gasteiger partial charge on any atom is -0.364 e. The third kappa shape index (κ3) is 1.87. The van der Waals surface area contributed by atoms with Crippen LogP contribution < -0.4 is 10.7 Å². The van der Waals surface area contributed by atoms with E-state index in [0.29, 0.717) is 11.5 Å². The summed E-state index contributed by atoms with van der Waals surface area (Å²) in [4.78, 5) is 10.9. The van der Waals surface area contributed by atoms with Crippen molar-refractivity contribution >= 4 is 29.5 Å². The third-order valence-electron chi connectivity index (χ3n) is 1.13. The summed E-state index contributed by atoms with van der Waals surface area (Å²) in [6.07, 6.45) is 1.85. The van der Waals surface area contributed by atoms with E-state index in [-0.39, 0.29) is 5.91 Å². The molecule has 11 heavy (non-hydrogen) atoms. The lowest BCUT2D eigenvalue weighted by Crippen LogP contribution is -2.44. The van der Waals surface area contributed by atoms with Crippen molar-refractivity contribution in [2.75, 3.05) is 7.05 Å². The quantitative estimate of drug-likeness (QED) is 0.509. The number of hydrogen-bond acceptors (Lipinski definition) is 3. The van der Waals surface area contributed by atoms with Gasteiger partial charge in [-0.15, -0.1) is 5.12 Å². The summed E-state index contributed by atoms with van der Waals surface area (Å²) >= 11 is 4.75. The number of amides is 1.